The minimum atomic E-state index is -0.206. The molecule has 0 bridgehead atoms. The molecule has 2 heterocycles. The summed E-state index contributed by atoms with van der Waals surface area (Å²) in [5, 5.41) is 8.55. The van der Waals surface area contributed by atoms with Gasteiger partial charge in [-0.25, -0.2) is 4.68 Å². The molecule has 3 aromatic rings. The van der Waals surface area contributed by atoms with Crippen LogP contribution in [0.1, 0.15) is 12.0 Å². The Labute approximate surface area is 163 Å². The summed E-state index contributed by atoms with van der Waals surface area (Å²) >= 11 is 0. The molecule has 0 saturated carbocycles. The Morgan fingerprint density at radius 3 is 2.61 bits per heavy atom. The van der Waals surface area contributed by atoms with Crippen LogP contribution in [-0.4, -0.2) is 52.0 Å². The van der Waals surface area contributed by atoms with Crippen molar-refractivity contribution in [3.63, 3.8) is 0 Å². The van der Waals surface area contributed by atoms with Crippen LogP contribution in [0.2, 0.25) is 0 Å². The first-order valence-corrected chi connectivity index (χ1v) is 9.54. The monoisotopic (exact) mass is 377 g/mol. The maximum atomic E-state index is 12.6. The zero-order valence-corrected chi connectivity index (χ0v) is 15.9. The fourth-order valence-corrected chi connectivity index (χ4v) is 3.57. The van der Waals surface area contributed by atoms with Crippen LogP contribution in [0.15, 0.2) is 53.3 Å². The molecule has 0 aliphatic carbocycles. The normalized spacial score (nSPS) is 14.5. The average molecular weight is 377 g/mol. The van der Waals surface area contributed by atoms with Crippen LogP contribution in [0, 0.1) is 6.92 Å². The Kier molecular flexibility index (Phi) is 5.06. The Bertz CT molecular complexity index is 1050. The summed E-state index contributed by atoms with van der Waals surface area (Å²) < 4.78 is 1.28. The van der Waals surface area contributed by atoms with Gasteiger partial charge in [0, 0.05) is 38.3 Å². The third-order valence-corrected chi connectivity index (χ3v) is 5.17. The molecular weight excluding hydrogens is 354 g/mol. The van der Waals surface area contributed by atoms with Crippen molar-refractivity contribution in [3.05, 3.63) is 64.4 Å². The standard InChI is InChI=1S/C21H23N5O2/c1-16-5-4-6-17(15-16)24-11-13-25(14-12-24)20(27)9-10-26-21(28)18-7-2-3-8-19(18)22-23-26/h2-8,15H,9-14H2,1H3. The van der Waals surface area contributed by atoms with Gasteiger partial charge >= 0.3 is 0 Å². The number of aromatic nitrogens is 3. The Hall–Kier alpha value is -3.22. The fourth-order valence-electron chi connectivity index (χ4n) is 3.57. The van der Waals surface area contributed by atoms with Gasteiger partial charge in [0.05, 0.1) is 11.9 Å². The van der Waals surface area contributed by atoms with Crippen molar-refractivity contribution in [2.45, 2.75) is 19.9 Å². The zero-order valence-electron chi connectivity index (χ0n) is 15.9. The lowest BCUT2D eigenvalue weighted by molar-refractivity contribution is -0.131. The second-order valence-electron chi connectivity index (χ2n) is 7.09. The van der Waals surface area contributed by atoms with Crippen LogP contribution in [0.3, 0.4) is 0 Å². The number of fused-ring (bicyclic) bond motifs is 1. The second-order valence-corrected chi connectivity index (χ2v) is 7.09. The summed E-state index contributed by atoms with van der Waals surface area (Å²) in [6.45, 7) is 5.32. The van der Waals surface area contributed by atoms with E-state index in [9.17, 15) is 9.59 Å². The van der Waals surface area contributed by atoms with Crippen LogP contribution >= 0.6 is 0 Å². The SMILES string of the molecule is Cc1cccc(N2CCN(C(=O)CCn3nnc4ccccc4c3=O)CC2)c1. The molecule has 0 radical (unpaired) electrons. The van der Waals surface area contributed by atoms with Crippen molar-refractivity contribution in [2.75, 3.05) is 31.1 Å². The smallest absolute Gasteiger partial charge is 0.277 e. The minimum Gasteiger partial charge on any atom is -0.368 e. The molecule has 1 saturated heterocycles. The summed E-state index contributed by atoms with van der Waals surface area (Å²) in [5.41, 5.74) is 2.80. The van der Waals surface area contributed by atoms with Gasteiger partial charge in [0.15, 0.2) is 0 Å². The molecule has 2 aromatic carbocycles. The van der Waals surface area contributed by atoms with Crippen molar-refractivity contribution < 1.29 is 4.79 Å². The number of carbonyl (C=O) groups excluding carboxylic acids is 1. The van der Waals surface area contributed by atoms with E-state index in [2.05, 4.69) is 46.4 Å². The van der Waals surface area contributed by atoms with E-state index in [1.165, 1.54) is 15.9 Å². The van der Waals surface area contributed by atoms with Crippen LogP contribution in [0.5, 0.6) is 0 Å². The molecule has 1 aliphatic rings. The lowest BCUT2D eigenvalue weighted by atomic mass is 10.2. The number of amides is 1. The molecule has 1 aliphatic heterocycles. The maximum absolute atomic E-state index is 12.6. The van der Waals surface area contributed by atoms with E-state index >= 15 is 0 Å². The predicted octanol–water partition coefficient (Wildman–Crippen LogP) is 1.84. The lowest BCUT2D eigenvalue weighted by Gasteiger charge is -2.36. The van der Waals surface area contributed by atoms with Gasteiger partial charge < -0.3 is 9.80 Å². The molecule has 0 atom stereocenters. The van der Waals surface area contributed by atoms with E-state index < -0.39 is 0 Å². The molecule has 0 N–H and O–H groups in total. The van der Waals surface area contributed by atoms with E-state index in [4.69, 9.17) is 0 Å². The highest BCUT2D eigenvalue weighted by Gasteiger charge is 2.21. The Morgan fingerprint density at radius 1 is 1.04 bits per heavy atom. The predicted molar refractivity (Wildman–Crippen MR) is 108 cm³/mol. The van der Waals surface area contributed by atoms with E-state index in [1.54, 1.807) is 18.2 Å². The third kappa shape index (κ3) is 3.74. The van der Waals surface area contributed by atoms with Crippen LogP contribution in [0.25, 0.3) is 10.9 Å². The first-order valence-electron chi connectivity index (χ1n) is 9.54. The molecule has 144 valence electrons. The minimum absolute atomic E-state index is 0.0470. The molecule has 7 nitrogen and oxygen atoms in total. The number of anilines is 1. The first-order chi connectivity index (χ1) is 13.6. The van der Waals surface area contributed by atoms with Gasteiger partial charge in [-0.2, -0.15) is 0 Å². The molecule has 1 fully saturated rings. The van der Waals surface area contributed by atoms with E-state index in [1.807, 2.05) is 11.0 Å². The quantitative estimate of drug-likeness (QED) is 0.694. The molecular formula is C21H23N5O2. The van der Waals surface area contributed by atoms with Gasteiger partial charge in [0.25, 0.3) is 5.56 Å². The summed E-state index contributed by atoms with van der Waals surface area (Å²) in [6, 6.07) is 15.5. The Balaban J connectivity index is 1.35. The third-order valence-electron chi connectivity index (χ3n) is 5.17. The zero-order chi connectivity index (χ0) is 19.5. The average Bonchev–Trinajstić information content (AvgIpc) is 2.73. The number of benzene rings is 2. The van der Waals surface area contributed by atoms with Crippen LogP contribution in [0.4, 0.5) is 5.69 Å². The maximum Gasteiger partial charge on any atom is 0.277 e. The molecule has 1 amide bonds. The number of hydrogen-bond donors (Lipinski definition) is 0. The van der Waals surface area contributed by atoms with Crippen molar-refractivity contribution in [1.82, 2.24) is 19.9 Å². The highest BCUT2D eigenvalue weighted by molar-refractivity contribution is 5.77. The van der Waals surface area contributed by atoms with Crippen molar-refractivity contribution in [1.29, 1.82) is 0 Å². The largest absolute Gasteiger partial charge is 0.368 e. The Morgan fingerprint density at radius 2 is 1.82 bits per heavy atom. The molecule has 4 rings (SSSR count). The fraction of sp³-hybridized carbons (Fsp3) is 0.333. The van der Waals surface area contributed by atoms with E-state index in [0.717, 1.165) is 13.1 Å². The number of nitrogens with zero attached hydrogens (tertiary/aromatic N) is 5. The lowest BCUT2D eigenvalue weighted by Crippen LogP contribution is -2.49. The topological polar surface area (TPSA) is 71.3 Å². The van der Waals surface area contributed by atoms with E-state index in [-0.39, 0.29) is 24.4 Å². The summed E-state index contributed by atoms with van der Waals surface area (Å²) in [4.78, 5) is 29.2. The molecule has 0 spiro atoms. The second kappa shape index (κ2) is 7.80. The molecule has 0 unspecified atom stereocenters. The highest BCUT2D eigenvalue weighted by atomic mass is 16.2. The number of rotatable bonds is 4. The summed E-state index contributed by atoms with van der Waals surface area (Å²) in [6.07, 6.45) is 0.247. The van der Waals surface area contributed by atoms with Crippen molar-refractivity contribution >= 4 is 22.5 Å². The molecule has 1 aromatic heterocycles. The van der Waals surface area contributed by atoms with Gasteiger partial charge in [0.1, 0.15) is 5.52 Å². The first kappa shape index (κ1) is 18.2. The van der Waals surface area contributed by atoms with Gasteiger partial charge in [-0.3, -0.25) is 9.59 Å². The number of carbonyl (C=O) groups is 1. The van der Waals surface area contributed by atoms with Crippen molar-refractivity contribution in [2.24, 2.45) is 0 Å². The van der Waals surface area contributed by atoms with Crippen LogP contribution in [-0.2, 0) is 11.3 Å². The van der Waals surface area contributed by atoms with E-state index in [0.29, 0.717) is 24.0 Å². The summed E-state index contributed by atoms with van der Waals surface area (Å²) in [5.74, 6) is 0.0470. The van der Waals surface area contributed by atoms with Gasteiger partial charge in [-0.05, 0) is 36.8 Å². The van der Waals surface area contributed by atoms with Gasteiger partial charge in [-0.1, -0.05) is 29.5 Å². The highest BCUT2D eigenvalue weighted by Crippen LogP contribution is 2.18. The molecule has 28 heavy (non-hydrogen) atoms. The van der Waals surface area contributed by atoms with Crippen LogP contribution < -0.4 is 10.5 Å². The van der Waals surface area contributed by atoms with Crippen molar-refractivity contribution in [3.8, 4) is 0 Å². The number of hydrogen-bond acceptors (Lipinski definition) is 5. The number of aryl methyl sites for hydroxylation is 2. The molecule has 7 heteroatoms. The summed E-state index contributed by atoms with van der Waals surface area (Å²) in [7, 11) is 0. The van der Waals surface area contributed by atoms with Gasteiger partial charge in [-0.15, -0.1) is 5.10 Å². The number of piperazine rings is 1. The van der Waals surface area contributed by atoms with Gasteiger partial charge in [0.2, 0.25) is 5.91 Å².